The van der Waals surface area contributed by atoms with E-state index in [1.807, 2.05) is 13.0 Å². The third kappa shape index (κ3) is 3.40. The van der Waals surface area contributed by atoms with Crippen LogP contribution in [0.15, 0.2) is 18.9 Å². The molecule has 1 aromatic rings. The van der Waals surface area contributed by atoms with Gasteiger partial charge in [0, 0.05) is 18.8 Å². The first-order valence-electron chi connectivity index (χ1n) is 7.53. The molecule has 0 amide bonds. The summed E-state index contributed by atoms with van der Waals surface area (Å²) in [6, 6.07) is 0.569. The SMILES string of the molecule is C=CCn1cc(C)nc1NC1CCCCC1C(C)C. The molecule has 1 aliphatic carbocycles. The molecule has 1 aliphatic rings. The number of imidazole rings is 1. The Hall–Kier alpha value is -1.25. The molecule has 1 N–H and O–H groups in total. The van der Waals surface area contributed by atoms with Gasteiger partial charge in [-0.25, -0.2) is 4.98 Å². The lowest BCUT2D eigenvalue weighted by Gasteiger charge is -2.35. The molecule has 3 heteroatoms. The molecule has 0 aliphatic heterocycles. The van der Waals surface area contributed by atoms with Gasteiger partial charge >= 0.3 is 0 Å². The van der Waals surface area contributed by atoms with Crippen molar-refractivity contribution in [2.45, 2.75) is 59.0 Å². The summed E-state index contributed by atoms with van der Waals surface area (Å²) < 4.78 is 2.16. The third-order valence-electron chi connectivity index (χ3n) is 4.21. The van der Waals surface area contributed by atoms with Gasteiger partial charge in [-0.15, -0.1) is 6.58 Å². The van der Waals surface area contributed by atoms with Gasteiger partial charge in [0.15, 0.2) is 0 Å². The van der Waals surface area contributed by atoms with Crippen molar-refractivity contribution in [3.05, 3.63) is 24.5 Å². The molecule has 0 radical (unpaired) electrons. The molecule has 1 aromatic heterocycles. The second-order valence-corrected chi connectivity index (χ2v) is 6.09. The van der Waals surface area contributed by atoms with Crippen LogP contribution in [-0.4, -0.2) is 15.6 Å². The van der Waals surface area contributed by atoms with E-state index in [1.54, 1.807) is 0 Å². The number of nitrogens with zero attached hydrogens (tertiary/aromatic N) is 2. The van der Waals surface area contributed by atoms with Crippen molar-refractivity contribution in [3.8, 4) is 0 Å². The average Bonchev–Trinajstić information content (AvgIpc) is 2.70. The average molecular weight is 261 g/mol. The predicted molar refractivity (Wildman–Crippen MR) is 81.4 cm³/mol. The Bertz CT molecular complexity index is 420. The van der Waals surface area contributed by atoms with Crippen molar-refractivity contribution in [3.63, 3.8) is 0 Å². The summed E-state index contributed by atoms with van der Waals surface area (Å²) in [7, 11) is 0. The molecule has 0 bridgehead atoms. The largest absolute Gasteiger partial charge is 0.353 e. The zero-order valence-electron chi connectivity index (χ0n) is 12.5. The lowest BCUT2D eigenvalue weighted by atomic mass is 9.78. The number of hydrogen-bond acceptors (Lipinski definition) is 2. The second-order valence-electron chi connectivity index (χ2n) is 6.09. The zero-order chi connectivity index (χ0) is 13.8. The van der Waals surface area contributed by atoms with E-state index in [1.165, 1.54) is 25.7 Å². The lowest BCUT2D eigenvalue weighted by molar-refractivity contribution is 0.252. The summed E-state index contributed by atoms with van der Waals surface area (Å²) >= 11 is 0. The van der Waals surface area contributed by atoms with Crippen LogP contribution in [-0.2, 0) is 6.54 Å². The normalized spacial score (nSPS) is 23.6. The first-order valence-corrected chi connectivity index (χ1v) is 7.53. The first-order chi connectivity index (χ1) is 9.11. The van der Waals surface area contributed by atoms with Crippen molar-refractivity contribution in [1.82, 2.24) is 9.55 Å². The molecule has 2 unspecified atom stereocenters. The van der Waals surface area contributed by atoms with Crippen molar-refractivity contribution in [2.24, 2.45) is 11.8 Å². The van der Waals surface area contributed by atoms with Crippen LogP contribution in [0.2, 0.25) is 0 Å². The molecule has 1 saturated carbocycles. The fraction of sp³-hybridized carbons (Fsp3) is 0.688. The number of aryl methyl sites for hydroxylation is 1. The summed E-state index contributed by atoms with van der Waals surface area (Å²) in [6.07, 6.45) is 9.34. The maximum atomic E-state index is 4.62. The number of nitrogens with one attached hydrogen (secondary N) is 1. The van der Waals surface area contributed by atoms with Crippen LogP contribution in [0.4, 0.5) is 5.95 Å². The van der Waals surface area contributed by atoms with Gasteiger partial charge in [-0.05, 0) is 31.6 Å². The Morgan fingerprint density at radius 1 is 1.47 bits per heavy atom. The first kappa shape index (κ1) is 14.2. The van der Waals surface area contributed by atoms with Crippen molar-refractivity contribution >= 4 is 5.95 Å². The van der Waals surface area contributed by atoms with E-state index >= 15 is 0 Å². The van der Waals surface area contributed by atoms with E-state index in [-0.39, 0.29) is 0 Å². The van der Waals surface area contributed by atoms with Crippen LogP contribution in [0.1, 0.15) is 45.2 Å². The number of hydrogen-bond donors (Lipinski definition) is 1. The minimum atomic E-state index is 0.569. The van der Waals surface area contributed by atoms with Crippen LogP contribution in [0.3, 0.4) is 0 Å². The number of anilines is 1. The fourth-order valence-corrected chi connectivity index (χ4v) is 3.24. The Morgan fingerprint density at radius 3 is 2.89 bits per heavy atom. The van der Waals surface area contributed by atoms with Crippen molar-refractivity contribution < 1.29 is 0 Å². The lowest BCUT2D eigenvalue weighted by Crippen LogP contribution is -2.36. The molecule has 0 aromatic carbocycles. The van der Waals surface area contributed by atoms with E-state index in [0.29, 0.717) is 6.04 Å². The number of aromatic nitrogens is 2. The van der Waals surface area contributed by atoms with Gasteiger partial charge in [-0.2, -0.15) is 0 Å². The fourth-order valence-electron chi connectivity index (χ4n) is 3.24. The standard InChI is InChI=1S/C16H27N3/c1-5-10-19-11-13(4)17-16(19)18-15-9-7-6-8-14(15)12(2)3/h5,11-12,14-15H,1,6-10H2,2-4H3,(H,17,18). The quantitative estimate of drug-likeness (QED) is 0.812. The van der Waals surface area contributed by atoms with Gasteiger partial charge in [0.1, 0.15) is 0 Å². The van der Waals surface area contributed by atoms with E-state index in [9.17, 15) is 0 Å². The van der Waals surface area contributed by atoms with Crippen LogP contribution < -0.4 is 5.32 Å². The molecule has 2 rings (SSSR count). The van der Waals surface area contributed by atoms with Gasteiger partial charge < -0.3 is 9.88 Å². The van der Waals surface area contributed by atoms with Crippen molar-refractivity contribution in [1.29, 1.82) is 0 Å². The summed E-state index contributed by atoms with van der Waals surface area (Å²) in [5, 5.41) is 3.69. The minimum absolute atomic E-state index is 0.569. The van der Waals surface area contributed by atoms with Crippen molar-refractivity contribution in [2.75, 3.05) is 5.32 Å². The molecule has 1 fully saturated rings. The molecular weight excluding hydrogens is 234 g/mol. The van der Waals surface area contributed by atoms with Gasteiger partial charge in [0.25, 0.3) is 0 Å². The maximum absolute atomic E-state index is 4.62. The van der Waals surface area contributed by atoms with Gasteiger partial charge in [0.05, 0.1) is 5.69 Å². The molecular formula is C16H27N3. The monoisotopic (exact) mass is 261 g/mol. The van der Waals surface area contributed by atoms with Crippen LogP contribution >= 0.6 is 0 Å². The molecule has 106 valence electrons. The third-order valence-corrected chi connectivity index (χ3v) is 4.21. The number of allylic oxidation sites excluding steroid dienone is 1. The molecule has 0 saturated heterocycles. The Balaban J connectivity index is 2.12. The Labute approximate surface area is 117 Å². The molecule has 3 nitrogen and oxygen atoms in total. The smallest absolute Gasteiger partial charge is 0.203 e. The Morgan fingerprint density at radius 2 is 2.21 bits per heavy atom. The van der Waals surface area contributed by atoms with E-state index in [4.69, 9.17) is 0 Å². The molecule has 19 heavy (non-hydrogen) atoms. The highest BCUT2D eigenvalue weighted by Gasteiger charge is 2.28. The summed E-state index contributed by atoms with van der Waals surface area (Å²) in [5.41, 5.74) is 1.07. The summed E-state index contributed by atoms with van der Waals surface area (Å²) in [4.78, 5) is 4.62. The van der Waals surface area contributed by atoms with Gasteiger partial charge in [-0.1, -0.05) is 32.8 Å². The molecule has 2 atom stereocenters. The van der Waals surface area contributed by atoms with Gasteiger partial charge in [-0.3, -0.25) is 0 Å². The van der Waals surface area contributed by atoms with E-state index < -0.39 is 0 Å². The highest BCUT2D eigenvalue weighted by Crippen LogP contribution is 2.32. The van der Waals surface area contributed by atoms with Gasteiger partial charge in [0.2, 0.25) is 5.95 Å². The van der Waals surface area contributed by atoms with Crippen LogP contribution in [0, 0.1) is 18.8 Å². The molecule has 0 spiro atoms. The predicted octanol–water partition coefficient (Wildman–Crippen LogP) is 4.00. The Kier molecular flexibility index (Phi) is 4.67. The second kappa shape index (κ2) is 6.27. The van der Waals surface area contributed by atoms with E-state index in [0.717, 1.165) is 30.0 Å². The topological polar surface area (TPSA) is 29.9 Å². The van der Waals surface area contributed by atoms with Crippen LogP contribution in [0.5, 0.6) is 0 Å². The van der Waals surface area contributed by atoms with Crippen LogP contribution in [0.25, 0.3) is 0 Å². The summed E-state index contributed by atoms with van der Waals surface area (Å²) in [5.74, 6) is 2.51. The minimum Gasteiger partial charge on any atom is -0.353 e. The summed E-state index contributed by atoms with van der Waals surface area (Å²) in [6.45, 7) is 11.4. The zero-order valence-corrected chi connectivity index (χ0v) is 12.5. The highest BCUT2D eigenvalue weighted by atomic mass is 15.2. The number of rotatable bonds is 5. The maximum Gasteiger partial charge on any atom is 0.203 e. The van der Waals surface area contributed by atoms with E-state index in [2.05, 4.69) is 41.5 Å². The highest BCUT2D eigenvalue weighted by molar-refractivity contribution is 5.31. The molecule has 1 heterocycles.